The predicted molar refractivity (Wildman–Crippen MR) is 88.6 cm³/mol. The molecule has 0 amide bonds. The number of rotatable bonds is 4. The molecule has 1 saturated heterocycles. The number of ether oxygens (including phenoxy) is 1. The van der Waals surface area contributed by atoms with Crippen LogP contribution >= 0.6 is 11.6 Å². The highest BCUT2D eigenvalue weighted by Crippen LogP contribution is 2.32. The standard InChI is InChI=1S/C16H14ClF3N2O3S/c1-10-2-3-12(17)7-14(10)26(23,24)22-8-13(9-22)25-15-6-11(4-5-21-15)16(18,19)20/h2-7,13H,8-9H2,1H3. The molecule has 3 rings (SSSR count). The van der Waals surface area contributed by atoms with Crippen LogP contribution in [-0.4, -0.2) is 36.9 Å². The summed E-state index contributed by atoms with van der Waals surface area (Å²) in [6, 6.07) is 6.20. The number of aryl methyl sites for hydroxylation is 1. The minimum atomic E-state index is -4.50. The van der Waals surface area contributed by atoms with Crippen LogP contribution in [0.4, 0.5) is 13.2 Å². The Morgan fingerprint density at radius 3 is 2.58 bits per heavy atom. The molecule has 0 unspecified atom stereocenters. The number of aromatic nitrogens is 1. The molecule has 140 valence electrons. The van der Waals surface area contributed by atoms with Gasteiger partial charge in [-0.3, -0.25) is 0 Å². The largest absolute Gasteiger partial charge is 0.472 e. The molecule has 0 saturated carbocycles. The van der Waals surface area contributed by atoms with Crippen molar-refractivity contribution in [3.8, 4) is 5.88 Å². The molecule has 1 aromatic carbocycles. The number of hydrogen-bond donors (Lipinski definition) is 0. The molecule has 10 heteroatoms. The van der Waals surface area contributed by atoms with Gasteiger partial charge in [0.05, 0.1) is 23.5 Å². The molecule has 5 nitrogen and oxygen atoms in total. The lowest BCUT2D eigenvalue weighted by Crippen LogP contribution is -2.56. The van der Waals surface area contributed by atoms with Crippen molar-refractivity contribution in [1.82, 2.24) is 9.29 Å². The second-order valence-corrected chi connectivity index (χ2v) is 8.20. The molecule has 0 atom stereocenters. The Morgan fingerprint density at radius 2 is 1.92 bits per heavy atom. The number of sulfonamides is 1. The number of hydrogen-bond acceptors (Lipinski definition) is 4. The van der Waals surface area contributed by atoms with Gasteiger partial charge in [-0.1, -0.05) is 17.7 Å². The smallest absolute Gasteiger partial charge is 0.416 e. The highest BCUT2D eigenvalue weighted by atomic mass is 35.5. The Kier molecular flexibility index (Phi) is 4.89. The summed E-state index contributed by atoms with van der Waals surface area (Å²) in [7, 11) is -3.74. The third kappa shape index (κ3) is 3.79. The van der Waals surface area contributed by atoms with Gasteiger partial charge in [0.2, 0.25) is 15.9 Å². The molecule has 1 fully saturated rings. The second-order valence-electron chi connectivity index (χ2n) is 5.85. The van der Waals surface area contributed by atoms with Crippen molar-refractivity contribution < 1.29 is 26.3 Å². The van der Waals surface area contributed by atoms with Gasteiger partial charge >= 0.3 is 6.18 Å². The maximum absolute atomic E-state index is 12.7. The van der Waals surface area contributed by atoms with Gasteiger partial charge in [-0.15, -0.1) is 0 Å². The molecule has 2 aromatic rings. The van der Waals surface area contributed by atoms with Crippen molar-refractivity contribution in [3.05, 3.63) is 52.7 Å². The number of alkyl halides is 3. The van der Waals surface area contributed by atoms with E-state index >= 15 is 0 Å². The van der Waals surface area contributed by atoms with Crippen molar-refractivity contribution in [3.63, 3.8) is 0 Å². The zero-order valence-corrected chi connectivity index (χ0v) is 15.1. The molecule has 0 radical (unpaired) electrons. The average molecular weight is 407 g/mol. The fourth-order valence-corrected chi connectivity index (χ4v) is 4.47. The van der Waals surface area contributed by atoms with Gasteiger partial charge in [0.25, 0.3) is 0 Å². The Morgan fingerprint density at radius 1 is 1.23 bits per heavy atom. The first kappa shape index (κ1) is 18.9. The third-order valence-electron chi connectivity index (χ3n) is 3.93. The quantitative estimate of drug-likeness (QED) is 0.779. The van der Waals surface area contributed by atoms with E-state index in [-0.39, 0.29) is 23.9 Å². The van der Waals surface area contributed by atoms with E-state index in [1.807, 2.05) is 0 Å². The molecular weight excluding hydrogens is 393 g/mol. The van der Waals surface area contributed by atoms with Crippen LogP contribution in [0.2, 0.25) is 5.02 Å². The number of nitrogens with zero attached hydrogens (tertiary/aromatic N) is 2. The van der Waals surface area contributed by atoms with Gasteiger partial charge in [0, 0.05) is 17.3 Å². The van der Waals surface area contributed by atoms with Crippen molar-refractivity contribution in [2.24, 2.45) is 0 Å². The summed E-state index contributed by atoms with van der Waals surface area (Å²) in [6.45, 7) is 1.70. The van der Waals surface area contributed by atoms with Crippen molar-refractivity contribution >= 4 is 21.6 Å². The van der Waals surface area contributed by atoms with Gasteiger partial charge in [-0.2, -0.15) is 17.5 Å². The molecule has 0 aliphatic carbocycles. The first-order valence-corrected chi connectivity index (χ1v) is 9.35. The minimum absolute atomic E-state index is 0.0201. The molecule has 1 aliphatic heterocycles. The van der Waals surface area contributed by atoms with Crippen LogP contribution in [0.15, 0.2) is 41.4 Å². The number of pyridine rings is 1. The summed E-state index contributed by atoms with van der Waals surface area (Å²) in [6.07, 6.45) is -4.07. The van der Waals surface area contributed by atoms with Crippen LogP contribution in [0.25, 0.3) is 0 Å². The maximum Gasteiger partial charge on any atom is 0.416 e. The van der Waals surface area contributed by atoms with Crippen LogP contribution in [-0.2, 0) is 16.2 Å². The summed E-state index contributed by atoms with van der Waals surface area (Å²) in [5.41, 5.74) is -0.320. The summed E-state index contributed by atoms with van der Waals surface area (Å²) in [5, 5.41) is 0.302. The normalized spacial score (nSPS) is 16.3. The topological polar surface area (TPSA) is 59.5 Å². The van der Waals surface area contributed by atoms with E-state index in [0.717, 1.165) is 18.3 Å². The van der Waals surface area contributed by atoms with Crippen LogP contribution in [0.1, 0.15) is 11.1 Å². The van der Waals surface area contributed by atoms with E-state index in [2.05, 4.69) is 4.98 Å². The fourth-order valence-electron chi connectivity index (χ4n) is 2.48. The molecule has 0 bridgehead atoms. The highest BCUT2D eigenvalue weighted by Gasteiger charge is 2.39. The van der Waals surface area contributed by atoms with Crippen molar-refractivity contribution in [1.29, 1.82) is 0 Å². The Hall–Kier alpha value is -1.84. The zero-order chi connectivity index (χ0) is 19.1. The summed E-state index contributed by atoms with van der Waals surface area (Å²) >= 11 is 5.87. The maximum atomic E-state index is 12.7. The average Bonchev–Trinajstić information content (AvgIpc) is 2.52. The Labute approximate surface area is 153 Å². The van der Waals surface area contributed by atoms with Crippen LogP contribution in [0.3, 0.4) is 0 Å². The first-order chi connectivity index (χ1) is 12.1. The van der Waals surface area contributed by atoms with E-state index in [9.17, 15) is 21.6 Å². The zero-order valence-electron chi connectivity index (χ0n) is 13.5. The highest BCUT2D eigenvalue weighted by molar-refractivity contribution is 7.89. The van der Waals surface area contributed by atoms with E-state index < -0.39 is 27.9 Å². The lowest BCUT2D eigenvalue weighted by Gasteiger charge is -2.37. The summed E-state index contributed by atoms with van der Waals surface area (Å²) in [5.74, 6) is -0.194. The number of halogens is 4. The molecule has 26 heavy (non-hydrogen) atoms. The molecular formula is C16H14ClF3N2O3S. The lowest BCUT2D eigenvalue weighted by atomic mass is 10.2. The van der Waals surface area contributed by atoms with Gasteiger partial charge in [-0.05, 0) is 30.7 Å². The fraction of sp³-hybridized carbons (Fsp3) is 0.312. The SMILES string of the molecule is Cc1ccc(Cl)cc1S(=O)(=O)N1CC(Oc2cc(C(F)(F)F)ccn2)C1. The van der Waals surface area contributed by atoms with Crippen LogP contribution in [0, 0.1) is 6.92 Å². The van der Waals surface area contributed by atoms with Crippen molar-refractivity contribution in [2.75, 3.05) is 13.1 Å². The third-order valence-corrected chi connectivity index (χ3v) is 6.14. The Balaban J connectivity index is 1.68. The molecule has 0 spiro atoms. The van der Waals surface area contributed by atoms with Gasteiger partial charge in [-0.25, -0.2) is 13.4 Å². The molecule has 1 aliphatic rings. The van der Waals surface area contributed by atoms with Crippen LogP contribution in [0.5, 0.6) is 5.88 Å². The Bertz CT molecular complexity index is 929. The van der Waals surface area contributed by atoms with Gasteiger partial charge in [0.1, 0.15) is 6.10 Å². The summed E-state index contributed by atoms with van der Waals surface area (Å²) in [4.78, 5) is 3.84. The van der Waals surface area contributed by atoms with E-state index in [1.54, 1.807) is 19.1 Å². The molecule has 1 aromatic heterocycles. The predicted octanol–water partition coefficient (Wildman–Crippen LogP) is 3.51. The first-order valence-electron chi connectivity index (χ1n) is 7.53. The molecule has 2 heterocycles. The van der Waals surface area contributed by atoms with Crippen molar-refractivity contribution in [2.45, 2.75) is 24.1 Å². The van der Waals surface area contributed by atoms with Gasteiger partial charge in [0.15, 0.2) is 0 Å². The second kappa shape index (κ2) is 6.71. The molecule has 0 N–H and O–H groups in total. The van der Waals surface area contributed by atoms with E-state index in [1.165, 1.54) is 10.4 Å². The van der Waals surface area contributed by atoms with E-state index in [0.29, 0.717) is 10.6 Å². The van der Waals surface area contributed by atoms with E-state index in [4.69, 9.17) is 16.3 Å². The lowest BCUT2D eigenvalue weighted by molar-refractivity contribution is -0.137. The summed E-state index contributed by atoms with van der Waals surface area (Å²) < 4.78 is 69.9. The van der Waals surface area contributed by atoms with Gasteiger partial charge < -0.3 is 4.74 Å². The van der Waals surface area contributed by atoms with Crippen LogP contribution < -0.4 is 4.74 Å². The number of benzene rings is 1. The minimum Gasteiger partial charge on any atom is -0.472 e. The monoisotopic (exact) mass is 406 g/mol.